The maximum Gasteiger partial charge on any atom is 0.338 e. The summed E-state index contributed by atoms with van der Waals surface area (Å²) in [5.41, 5.74) is 7.51. The molecule has 1 amide bonds. The first kappa shape index (κ1) is 18.4. The summed E-state index contributed by atoms with van der Waals surface area (Å²) in [5.74, 6) is -0.651. The summed E-state index contributed by atoms with van der Waals surface area (Å²) in [4.78, 5) is 23.4. The molecule has 0 spiro atoms. The normalized spacial score (nSPS) is 11.5. The van der Waals surface area contributed by atoms with Crippen LogP contribution in [0, 0.1) is 12.8 Å². The van der Waals surface area contributed by atoms with Gasteiger partial charge in [0.1, 0.15) is 0 Å². The quantitative estimate of drug-likeness (QED) is 0.835. The van der Waals surface area contributed by atoms with Crippen LogP contribution >= 0.6 is 12.4 Å². The van der Waals surface area contributed by atoms with Gasteiger partial charge in [-0.05, 0) is 30.5 Å². The monoisotopic (exact) mass is 300 g/mol. The molecule has 0 aliphatic carbocycles. The standard InChI is InChI=1S/C14H20N2O3.ClH/c1-8(2)12(15)13(17)16-10-6-5-9(3)11(7-10)14(18)19-4;/h5-8,12H,15H2,1-4H3,(H,16,17);1H/t12-;/m0./s1. The molecule has 0 heterocycles. The lowest BCUT2D eigenvalue weighted by molar-refractivity contribution is -0.118. The van der Waals surface area contributed by atoms with E-state index in [0.717, 1.165) is 5.56 Å². The summed E-state index contributed by atoms with van der Waals surface area (Å²) in [6.07, 6.45) is 0. The van der Waals surface area contributed by atoms with E-state index in [1.165, 1.54) is 7.11 Å². The van der Waals surface area contributed by atoms with Crippen LogP contribution in [0.2, 0.25) is 0 Å². The molecule has 1 rings (SSSR count). The Hall–Kier alpha value is -1.59. The van der Waals surface area contributed by atoms with Gasteiger partial charge in [0.05, 0.1) is 18.7 Å². The van der Waals surface area contributed by atoms with Gasteiger partial charge in [0, 0.05) is 5.69 Å². The smallest absolute Gasteiger partial charge is 0.338 e. The average molecular weight is 301 g/mol. The number of anilines is 1. The molecule has 5 nitrogen and oxygen atoms in total. The number of carbonyl (C=O) groups excluding carboxylic acids is 2. The highest BCUT2D eigenvalue weighted by atomic mass is 35.5. The third-order valence-electron chi connectivity index (χ3n) is 2.93. The van der Waals surface area contributed by atoms with Crippen molar-refractivity contribution in [3.8, 4) is 0 Å². The number of nitrogens with one attached hydrogen (secondary N) is 1. The van der Waals surface area contributed by atoms with Gasteiger partial charge >= 0.3 is 5.97 Å². The van der Waals surface area contributed by atoms with Gasteiger partial charge < -0.3 is 15.8 Å². The number of benzene rings is 1. The molecule has 112 valence electrons. The molecule has 3 N–H and O–H groups in total. The van der Waals surface area contributed by atoms with Crippen molar-refractivity contribution in [1.82, 2.24) is 0 Å². The summed E-state index contributed by atoms with van der Waals surface area (Å²) >= 11 is 0. The third-order valence-corrected chi connectivity index (χ3v) is 2.93. The second-order valence-corrected chi connectivity index (χ2v) is 4.78. The van der Waals surface area contributed by atoms with E-state index < -0.39 is 12.0 Å². The number of carbonyl (C=O) groups is 2. The number of amides is 1. The van der Waals surface area contributed by atoms with E-state index in [1.807, 2.05) is 13.8 Å². The predicted molar refractivity (Wildman–Crippen MR) is 81.2 cm³/mol. The van der Waals surface area contributed by atoms with Gasteiger partial charge in [-0.25, -0.2) is 4.79 Å². The topological polar surface area (TPSA) is 81.4 Å². The highest BCUT2D eigenvalue weighted by Gasteiger charge is 2.18. The Morgan fingerprint density at radius 2 is 1.90 bits per heavy atom. The Bertz CT molecular complexity index is 489. The fraction of sp³-hybridized carbons (Fsp3) is 0.429. The second-order valence-electron chi connectivity index (χ2n) is 4.78. The SMILES string of the molecule is COC(=O)c1cc(NC(=O)[C@@H](N)C(C)C)ccc1C.Cl. The average Bonchev–Trinajstić information content (AvgIpc) is 2.38. The molecular formula is C14H21ClN2O3. The zero-order valence-electron chi connectivity index (χ0n) is 12.1. The van der Waals surface area contributed by atoms with Crippen LogP contribution in [0.15, 0.2) is 18.2 Å². The summed E-state index contributed by atoms with van der Waals surface area (Å²) in [7, 11) is 1.32. The molecule has 0 radical (unpaired) electrons. The number of aryl methyl sites for hydroxylation is 1. The predicted octanol–water partition coefficient (Wildman–Crippen LogP) is 2.13. The lowest BCUT2D eigenvalue weighted by Crippen LogP contribution is -2.39. The molecular weight excluding hydrogens is 280 g/mol. The molecule has 0 saturated heterocycles. The number of hydrogen-bond acceptors (Lipinski definition) is 4. The molecule has 0 aromatic heterocycles. The Labute approximate surface area is 125 Å². The molecule has 6 heteroatoms. The van der Waals surface area contributed by atoms with Crippen LogP contribution in [0.25, 0.3) is 0 Å². The van der Waals surface area contributed by atoms with Gasteiger partial charge in [-0.15, -0.1) is 12.4 Å². The van der Waals surface area contributed by atoms with Gasteiger partial charge in [-0.3, -0.25) is 4.79 Å². The van der Waals surface area contributed by atoms with Crippen molar-refractivity contribution < 1.29 is 14.3 Å². The number of ether oxygens (including phenoxy) is 1. The van der Waals surface area contributed by atoms with Gasteiger partial charge in [-0.1, -0.05) is 19.9 Å². The van der Waals surface area contributed by atoms with Gasteiger partial charge in [-0.2, -0.15) is 0 Å². The highest BCUT2D eigenvalue weighted by Crippen LogP contribution is 2.17. The zero-order chi connectivity index (χ0) is 14.6. The van der Waals surface area contributed by atoms with E-state index in [9.17, 15) is 9.59 Å². The van der Waals surface area contributed by atoms with Crippen molar-refractivity contribution in [2.45, 2.75) is 26.8 Å². The van der Waals surface area contributed by atoms with E-state index in [2.05, 4.69) is 10.1 Å². The summed E-state index contributed by atoms with van der Waals surface area (Å²) in [5, 5.41) is 2.70. The first-order valence-corrected chi connectivity index (χ1v) is 6.12. The fourth-order valence-electron chi connectivity index (χ4n) is 1.56. The summed E-state index contributed by atoms with van der Waals surface area (Å²) < 4.78 is 4.69. The van der Waals surface area contributed by atoms with Crippen molar-refractivity contribution in [3.05, 3.63) is 29.3 Å². The van der Waals surface area contributed by atoms with Crippen molar-refractivity contribution in [2.24, 2.45) is 11.7 Å². The lowest BCUT2D eigenvalue weighted by Gasteiger charge is -2.16. The van der Waals surface area contributed by atoms with Gasteiger partial charge in [0.2, 0.25) is 5.91 Å². The molecule has 1 atom stereocenters. The van der Waals surface area contributed by atoms with E-state index in [0.29, 0.717) is 11.3 Å². The lowest BCUT2D eigenvalue weighted by atomic mass is 10.0. The van der Waals surface area contributed by atoms with E-state index in [-0.39, 0.29) is 24.2 Å². The number of halogens is 1. The van der Waals surface area contributed by atoms with Crippen molar-refractivity contribution in [3.63, 3.8) is 0 Å². The van der Waals surface area contributed by atoms with Crippen LogP contribution in [0.3, 0.4) is 0 Å². The van der Waals surface area contributed by atoms with Crippen LogP contribution in [0.1, 0.15) is 29.8 Å². The molecule has 0 aliphatic heterocycles. The zero-order valence-corrected chi connectivity index (χ0v) is 12.9. The highest BCUT2D eigenvalue weighted by molar-refractivity contribution is 5.97. The first-order chi connectivity index (χ1) is 8.86. The second kappa shape index (κ2) is 7.87. The minimum absolute atomic E-state index is 0. The number of hydrogen-bond donors (Lipinski definition) is 2. The minimum atomic E-state index is -0.581. The molecule has 0 aliphatic rings. The van der Waals surface area contributed by atoms with E-state index in [4.69, 9.17) is 5.73 Å². The van der Waals surface area contributed by atoms with Gasteiger partial charge in [0.15, 0.2) is 0 Å². The van der Waals surface area contributed by atoms with Crippen LogP contribution < -0.4 is 11.1 Å². The Morgan fingerprint density at radius 3 is 2.40 bits per heavy atom. The Balaban J connectivity index is 0.00000361. The number of nitrogens with two attached hydrogens (primary N) is 1. The molecule has 0 fully saturated rings. The van der Waals surface area contributed by atoms with Crippen LogP contribution in [0.5, 0.6) is 0 Å². The minimum Gasteiger partial charge on any atom is -0.465 e. The summed E-state index contributed by atoms with van der Waals surface area (Å²) in [6.45, 7) is 5.55. The van der Waals surface area contributed by atoms with E-state index >= 15 is 0 Å². The first-order valence-electron chi connectivity index (χ1n) is 6.12. The molecule has 0 saturated carbocycles. The maximum absolute atomic E-state index is 11.8. The van der Waals surface area contributed by atoms with E-state index in [1.54, 1.807) is 25.1 Å². The third kappa shape index (κ3) is 4.51. The number of rotatable bonds is 4. The van der Waals surface area contributed by atoms with Crippen LogP contribution in [-0.2, 0) is 9.53 Å². The van der Waals surface area contributed by atoms with Crippen molar-refractivity contribution in [2.75, 3.05) is 12.4 Å². The molecule has 1 aromatic carbocycles. The molecule has 1 aromatic rings. The molecule has 0 unspecified atom stereocenters. The van der Waals surface area contributed by atoms with Gasteiger partial charge in [0.25, 0.3) is 0 Å². The van der Waals surface area contributed by atoms with Crippen molar-refractivity contribution >= 4 is 30.0 Å². The number of esters is 1. The largest absolute Gasteiger partial charge is 0.465 e. The van der Waals surface area contributed by atoms with Crippen LogP contribution in [0.4, 0.5) is 5.69 Å². The number of methoxy groups -OCH3 is 1. The fourth-order valence-corrected chi connectivity index (χ4v) is 1.56. The van der Waals surface area contributed by atoms with Crippen molar-refractivity contribution in [1.29, 1.82) is 0 Å². The van der Waals surface area contributed by atoms with Crippen LogP contribution in [-0.4, -0.2) is 25.0 Å². The molecule has 20 heavy (non-hydrogen) atoms. The Morgan fingerprint density at radius 1 is 1.30 bits per heavy atom. The Kier molecular flexibility index (Phi) is 7.24. The maximum atomic E-state index is 11.8. The summed E-state index contributed by atoms with van der Waals surface area (Å²) in [6, 6.07) is 4.49. The molecule has 0 bridgehead atoms.